The smallest absolute Gasteiger partial charge is 0.377 e. The molecule has 2 aliphatic heterocycles. The molecule has 2 fully saturated rings. The average molecular weight is 675 g/mol. The van der Waals surface area contributed by atoms with Crippen molar-refractivity contribution in [1.29, 1.82) is 0 Å². The van der Waals surface area contributed by atoms with Gasteiger partial charge in [-0.25, -0.2) is 0 Å². The van der Waals surface area contributed by atoms with E-state index in [1.807, 2.05) is 19.0 Å². The van der Waals surface area contributed by atoms with E-state index in [1.54, 1.807) is 0 Å². The first-order valence-corrected chi connectivity index (χ1v) is 20.3. The summed E-state index contributed by atoms with van der Waals surface area (Å²) < 4.78 is 0. The zero-order chi connectivity index (χ0) is 32.5. The predicted molar refractivity (Wildman–Crippen MR) is 220 cm³/mol. The molecule has 48 heavy (non-hydrogen) atoms. The molecule has 8 heteroatoms. The molecule has 1 N–H and O–H groups in total. The van der Waals surface area contributed by atoms with Crippen molar-refractivity contribution in [3.8, 4) is 0 Å². The van der Waals surface area contributed by atoms with Gasteiger partial charge in [0.2, 0.25) is 0 Å². The Balaban J connectivity index is 0.000000253. The summed E-state index contributed by atoms with van der Waals surface area (Å²) in [6, 6.07) is 44.0. The third-order valence-corrected chi connectivity index (χ3v) is 15.8. The zero-order valence-corrected chi connectivity index (χ0v) is 29.6. The first-order chi connectivity index (χ1) is 22.3. The van der Waals surface area contributed by atoms with Crippen LogP contribution in [-0.4, -0.2) is 81.7 Å². The van der Waals surface area contributed by atoms with Crippen molar-refractivity contribution >= 4 is 58.7 Å². The summed E-state index contributed by atoms with van der Waals surface area (Å²) >= 11 is 0. The van der Waals surface area contributed by atoms with Gasteiger partial charge in [0, 0.05) is 25.8 Å². The average Bonchev–Trinajstić information content (AvgIpc) is 3.66. The number of nitrogens with zero attached hydrogens (tertiary/aromatic N) is 2. The lowest BCUT2D eigenvalue weighted by Gasteiger charge is -2.31. The molecule has 250 valence electrons. The van der Waals surface area contributed by atoms with E-state index in [1.165, 1.54) is 40.3 Å². The Morgan fingerprint density at radius 2 is 1.21 bits per heavy atom. The third-order valence-electron chi connectivity index (χ3n) is 9.72. The topological polar surface area (TPSA) is 26.7 Å². The summed E-state index contributed by atoms with van der Waals surface area (Å²) in [4.78, 5) is 4.73. The molecule has 2 aliphatic rings. The number of hydrogen-bond donors (Lipinski definition) is 1. The Labute approximate surface area is 297 Å². The number of hydrogen-bond acceptors (Lipinski definition) is 3. The molecule has 0 saturated carbocycles. The highest BCUT2D eigenvalue weighted by Gasteiger charge is 2.45. The van der Waals surface area contributed by atoms with Gasteiger partial charge in [-0.15, -0.1) is 0 Å². The molecule has 4 aromatic rings. The van der Waals surface area contributed by atoms with Crippen molar-refractivity contribution in [2.24, 2.45) is 11.8 Å². The second-order valence-electron chi connectivity index (χ2n) is 13.3. The highest BCUT2D eigenvalue weighted by atomic mass is 31.2. The van der Waals surface area contributed by atoms with Gasteiger partial charge < -0.3 is 14.7 Å². The summed E-state index contributed by atoms with van der Waals surface area (Å²) in [6.07, 6.45) is 5.15. The normalized spacial score (nSPS) is 21.1. The van der Waals surface area contributed by atoms with Crippen LogP contribution in [0.1, 0.15) is 34.6 Å². The van der Waals surface area contributed by atoms with E-state index < -0.39 is 14.2 Å². The summed E-state index contributed by atoms with van der Waals surface area (Å²) in [6.45, 7) is 6.32. The summed E-state index contributed by atoms with van der Waals surface area (Å²) in [5.74, 6) is 1.27. The Hall–Kier alpha value is -2.19. The summed E-state index contributed by atoms with van der Waals surface area (Å²) in [5, 5.41) is 15.7. The maximum atomic E-state index is 10.2. The Morgan fingerprint density at radius 3 is 1.60 bits per heavy atom. The van der Waals surface area contributed by atoms with E-state index in [-0.39, 0.29) is 28.8 Å². The monoisotopic (exact) mass is 675 g/mol. The van der Waals surface area contributed by atoms with Crippen LogP contribution in [0.2, 0.25) is 13.1 Å². The minimum Gasteiger partial charge on any atom is -0.437 e. The van der Waals surface area contributed by atoms with Gasteiger partial charge in [-0.1, -0.05) is 125 Å². The van der Waals surface area contributed by atoms with Gasteiger partial charge in [-0.05, 0) is 94.1 Å². The van der Waals surface area contributed by atoms with Crippen molar-refractivity contribution < 1.29 is 5.02 Å². The molecule has 3 nitrogen and oxygen atoms in total. The van der Waals surface area contributed by atoms with E-state index in [0.29, 0.717) is 12.2 Å². The molecule has 0 aromatic heterocycles. The van der Waals surface area contributed by atoms with Gasteiger partial charge in [0.1, 0.15) is 0 Å². The lowest BCUT2D eigenvalue weighted by atomic mass is 9.84. The van der Waals surface area contributed by atoms with Crippen LogP contribution in [0, 0.1) is 11.8 Å². The molecule has 0 bridgehead atoms. The maximum absolute atomic E-state index is 10.2. The Morgan fingerprint density at radius 1 is 0.750 bits per heavy atom. The lowest BCUT2D eigenvalue weighted by molar-refractivity contribution is 0.330. The van der Waals surface area contributed by atoms with Crippen LogP contribution in [0.4, 0.5) is 0 Å². The molecule has 4 aromatic carbocycles. The fraction of sp³-hybridized carbons (Fsp3) is 0.400. The van der Waals surface area contributed by atoms with Crippen molar-refractivity contribution in [2.45, 2.75) is 59.8 Å². The second-order valence-corrected chi connectivity index (χ2v) is 18.6. The molecule has 4 radical (unpaired) electrons. The molecule has 0 unspecified atom stereocenters. The highest BCUT2D eigenvalue weighted by Crippen LogP contribution is 2.53. The van der Waals surface area contributed by atoms with Crippen molar-refractivity contribution in [2.75, 3.05) is 32.5 Å². The van der Waals surface area contributed by atoms with E-state index in [2.05, 4.69) is 133 Å². The molecular formula is C40H56B3N2OP2+. The van der Waals surface area contributed by atoms with Crippen LogP contribution in [0.25, 0.3) is 0 Å². The Bertz CT molecular complexity index is 1370. The standard InChI is InChI=1S/C19H24B3NOP.C19H24NP.2CH4/c1-22(24)23-14-16(13-20)12-17(23)15-25(21,18-8-4-2-5-9-18)19-10-6-3-7-11-19;1-16-13-17(20(2)14-16)15-21(18-9-5-3-6-10-18)19-11-7-4-8-12-19;;/h2-11,16-17,24H,12-15H2,1H3;3-12,16-17H,13-15H2,1-2H3;2*1H4/q+1;;;/t16-,17+;16-,17-;;/m10../s1. The largest absolute Gasteiger partial charge is 0.437 e. The molecular weight excluding hydrogens is 619 g/mol. The van der Waals surface area contributed by atoms with Crippen LogP contribution in [0.3, 0.4) is 0 Å². The molecule has 0 aliphatic carbocycles. The predicted octanol–water partition coefficient (Wildman–Crippen LogP) is 6.86. The first kappa shape index (κ1) is 40.2. The van der Waals surface area contributed by atoms with Gasteiger partial charge in [-0.2, -0.15) is 0 Å². The van der Waals surface area contributed by atoms with E-state index in [9.17, 15) is 5.02 Å². The number of likely N-dealkylation sites (tertiary alicyclic amines) is 1. The fourth-order valence-corrected chi connectivity index (χ4v) is 13.1. The van der Waals surface area contributed by atoms with Crippen LogP contribution in [0.15, 0.2) is 121 Å². The zero-order valence-electron chi connectivity index (χ0n) is 27.8. The van der Waals surface area contributed by atoms with Crippen LogP contribution in [0.5, 0.6) is 0 Å². The molecule has 6 rings (SSSR count). The summed E-state index contributed by atoms with van der Waals surface area (Å²) in [7, 11) is 12.6. The fourth-order valence-electron chi connectivity index (χ4n) is 7.29. The van der Waals surface area contributed by atoms with Crippen LogP contribution >= 0.6 is 15.1 Å². The minimum absolute atomic E-state index is 0. The van der Waals surface area contributed by atoms with Gasteiger partial charge in [0.25, 0.3) is 0 Å². The highest BCUT2D eigenvalue weighted by molar-refractivity contribution is 8.08. The van der Waals surface area contributed by atoms with Crippen molar-refractivity contribution in [1.82, 2.24) is 9.71 Å². The van der Waals surface area contributed by atoms with Crippen LogP contribution < -0.4 is 21.2 Å². The quantitative estimate of drug-likeness (QED) is 0.147. The maximum Gasteiger partial charge on any atom is 0.377 e. The van der Waals surface area contributed by atoms with E-state index in [0.717, 1.165) is 31.1 Å². The molecule has 0 amide bonds. The van der Waals surface area contributed by atoms with Crippen LogP contribution in [-0.2, 0) is 0 Å². The minimum atomic E-state index is -2.03. The molecule has 2 saturated heterocycles. The van der Waals surface area contributed by atoms with E-state index in [4.69, 9.17) is 15.4 Å². The summed E-state index contributed by atoms with van der Waals surface area (Å²) in [5.41, 5.74) is 0. The molecule has 0 spiro atoms. The van der Waals surface area contributed by atoms with Gasteiger partial charge in [-0.3, -0.25) is 0 Å². The Kier molecular flexibility index (Phi) is 16.2. The second kappa shape index (κ2) is 19.3. The lowest BCUT2D eigenvalue weighted by Crippen LogP contribution is -2.44. The van der Waals surface area contributed by atoms with Crippen molar-refractivity contribution in [3.63, 3.8) is 0 Å². The SMILES string of the molecule is C.C.C[C@H]1C[C@@H](CP(c2ccccc2)c2ccccc2)N(C)C1.[B]C[C@H]1C[C@@H](C[P+]([B])(c2ccccc2)c2ccccc2)N(B(C)O)C1. The molecule has 4 atom stereocenters. The number of benzene rings is 4. The van der Waals surface area contributed by atoms with Gasteiger partial charge >= 0.3 is 14.6 Å². The molecule has 2 heterocycles. The first-order valence-electron chi connectivity index (χ1n) is 16.8. The van der Waals surface area contributed by atoms with Crippen molar-refractivity contribution in [3.05, 3.63) is 121 Å². The van der Waals surface area contributed by atoms with Gasteiger partial charge in [0.15, 0.2) is 0 Å². The number of rotatable bonds is 10. The van der Waals surface area contributed by atoms with E-state index >= 15 is 0 Å². The van der Waals surface area contributed by atoms with Gasteiger partial charge in [0.05, 0.1) is 24.6 Å². The third kappa shape index (κ3) is 10.2.